The van der Waals surface area contributed by atoms with Crippen LogP contribution in [0.3, 0.4) is 0 Å². The monoisotopic (exact) mass is 256 g/mol. The van der Waals surface area contributed by atoms with Crippen molar-refractivity contribution in [2.24, 2.45) is 11.1 Å². The van der Waals surface area contributed by atoms with Crippen LogP contribution >= 0.6 is 0 Å². The molecule has 2 saturated heterocycles. The van der Waals surface area contributed by atoms with Gasteiger partial charge in [-0.25, -0.2) is 0 Å². The van der Waals surface area contributed by atoms with E-state index in [1.54, 1.807) is 0 Å². The number of likely N-dealkylation sites (N-methyl/N-ethyl adjacent to an activating group) is 1. The molecule has 2 heterocycles. The van der Waals surface area contributed by atoms with Gasteiger partial charge in [0, 0.05) is 19.1 Å². The van der Waals surface area contributed by atoms with Crippen LogP contribution in [-0.2, 0) is 0 Å². The normalized spacial score (nSPS) is 33.0. The predicted octanol–water partition coefficient (Wildman–Crippen LogP) is 0.635. The zero-order chi connectivity index (χ0) is 13.4. The maximum absolute atomic E-state index is 5.58. The van der Waals surface area contributed by atoms with Gasteiger partial charge in [-0.05, 0) is 64.8 Å². The fourth-order valence-electron chi connectivity index (χ4n) is 2.73. The number of nitrogens with one attached hydrogen (secondary N) is 2. The number of likely N-dealkylation sites (tertiary alicyclic amines) is 1. The quantitative estimate of drug-likeness (QED) is 0.693. The highest BCUT2D eigenvalue weighted by Crippen LogP contribution is 2.28. The van der Waals surface area contributed by atoms with Gasteiger partial charge in [0.15, 0.2) is 0 Å². The zero-order valence-electron chi connectivity index (χ0n) is 12.5. The van der Waals surface area contributed by atoms with Crippen LogP contribution in [0.25, 0.3) is 0 Å². The van der Waals surface area contributed by atoms with E-state index >= 15 is 0 Å². The van der Waals surface area contributed by atoms with Crippen molar-refractivity contribution in [3.63, 3.8) is 0 Å². The first kappa shape index (κ1) is 15.9. The fourth-order valence-corrected chi connectivity index (χ4v) is 2.73. The Morgan fingerprint density at radius 1 is 1.50 bits per heavy atom. The van der Waals surface area contributed by atoms with Crippen LogP contribution in [0.1, 0.15) is 32.6 Å². The summed E-state index contributed by atoms with van der Waals surface area (Å²) in [5.41, 5.74) is 6.14. The predicted molar refractivity (Wildman–Crippen MR) is 78.8 cm³/mol. The van der Waals surface area contributed by atoms with Gasteiger partial charge in [0.2, 0.25) is 0 Å². The average molecular weight is 256 g/mol. The topological polar surface area (TPSA) is 53.3 Å². The Balaban J connectivity index is 0.000000199. The van der Waals surface area contributed by atoms with Gasteiger partial charge < -0.3 is 21.3 Å². The SMILES string of the molecule is CN1CCC(N)C1.CNCCC1(C)CCCNC1. The summed E-state index contributed by atoms with van der Waals surface area (Å²) >= 11 is 0. The summed E-state index contributed by atoms with van der Waals surface area (Å²) in [7, 11) is 4.13. The second kappa shape index (κ2) is 8.10. The summed E-state index contributed by atoms with van der Waals surface area (Å²) in [6.07, 6.45) is 5.22. The molecule has 0 spiro atoms. The van der Waals surface area contributed by atoms with Crippen LogP contribution in [0.2, 0.25) is 0 Å². The molecule has 2 aliphatic heterocycles. The third-order valence-corrected chi connectivity index (χ3v) is 4.09. The maximum atomic E-state index is 5.58. The van der Waals surface area contributed by atoms with Gasteiger partial charge in [-0.1, -0.05) is 6.92 Å². The molecule has 108 valence electrons. The molecule has 4 nitrogen and oxygen atoms in total. The van der Waals surface area contributed by atoms with Gasteiger partial charge in [0.05, 0.1) is 0 Å². The Morgan fingerprint density at radius 2 is 2.28 bits per heavy atom. The summed E-state index contributed by atoms with van der Waals surface area (Å²) in [5, 5.41) is 6.67. The molecule has 2 unspecified atom stereocenters. The molecule has 0 amide bonds. The van der Waals surface area contributed by atoms with Crippen LogP contribution in [0.15, 0.2) is 0 Å². The highest BCUT2D eigenvalue weighted by molar-refractivity contribution is 4.81. The first-order chi connectivity index (χ1) is 8.56. The third kappa shape index (κ3) is 6.14. The van der Waals surface area contributed by atoms with Gasteiger partial charge in [0.25, 0.3) is 0 Å². The lowest BCUT2D eigenvalue weighted by Gasteiger charge is -2.34. The number of nitrogens with zero attached hydrogens (tertiary/aromatic N) is 1. The van der Waals surface area contributed by atoms with E-state index in [9.17, 15) is 0 Å². The Hall–Kier alpha value is -0.160. The van der Waals surface area contributed by atoms with E-state index in [0.29, 0.717) is 11.5 Å². The molecular weight excluding hydrogens is 224 g/mol. The summed E-state index contributed by atoms with van der Waals surface area (Å²) in [6, 6.07) is 0.449. The summed E-state index contributed by atoms with van der Waals surface area (Å²) in [5.74, 6) is 0. The highest BCUT2D eigenvalue weighted by atomic mass is 15.1. The van der Waals surface area contributed by atoms with Gasteiger partial charge in [-0.15, -0.1) is 0 Å². The molecule has 4 N–H and O–H groups in total. The summed E-state index contributed by atoms with van der Waals surface area (Å²) in [4.78, 5) is 2.25. The van der Waals surface area contributed by atoms with Crippen LogP contribution in [-0.4, -0.2) is 57.8 Å². The Morgan fingerprint density at radius 3 is 2.67 bits per heavy atom. The van der Waals surface area contributed by atoms with E-state index in [4.69, 9.17) is 5.73 Å². The molecule has 0 aromatic heterocycles. The minimum absolute atomic E-state index is 0.449. The van der Waals surface area contributed by atoms with Gasteiger partial charge >= 0.3 is 0 Å². The fraction of sp³-hybridized carbons (Fsp3) is 1.00. The molecule has 2 rings (SSSR count). The molecule has 2 fully saturated rings. The Labute approximate surface area is 113 Å². The van der Waals surface area contributed by atoms with E-state index in [-0.39, 0.29) is 0 Å². The number of piperidine rings is 1. The maximum Gasteiger partial charge on any atom is 0.0179 e. The van der Waals surface area contributed by atoms with Gasteiger partial charge in [-0.3, -0.25) is 0 Å². The molecule has 0 aromatic carbocycles. The van der Waals surface area contributed by atoms with Crippen LogP contribution in [0.4, 0.5) is 0 Å². The third-order valence-electron chi connectivity index (χ3n) is 4.09. The van der Waals surface area contributed by atoms with E-state index in [1.807, 2.05) is 7.05 Å². The highest BCUT2D eigenvalue weighted by Gasteiger charge is 2.25. The number of nitrogens with two attached hydrogens (primary N) is 1. The van der Waals surface area contributed by atoms with Gasteiger partial charge in [0.1, 0.15) is 0 Å². The lowest BCUT2D eigenvalue weighted by Crippen LogP contribution is -2.39. The number of hydrogen-bond acceptors (Lipinski definition) is 4. The number of rotatable bonds is 3. The van der Waals surface area contributed by atoms with Gasteiger partial charge in [-0.2, -0.15) is 0 Å². The molecule has 18 heavy (non-hydrogen) atoms. The van der Waals surface area contributed by atoms with E-state index in [0.717, 1.165) is 13.1 Å². The van der Waals surface area contributed by atoms with Crippen molar-refractivity contribution in [3.8, 4) is 0 Å². The van der Waals surface area contributed by atoms with Crippen molar-refractivity contribution in [3.05, 3.63) is 0 Å². The van der Waals surface area contributed by atoms with E-state index < -0.39 is 0 Å². The van der Waals surface area contributed by atoms with Crippen molar-refractivity contribution in [2.75, 3.05) is 46.8 Å². The molecule has 0 bridgehead atoms. The lowest BCUT2D eigenvalue weighted by molar-refractivity contribution is 0.218. The van der Waals surface area contributed by atoms with Crippen molar-refractivity contribution >= 4 is 0 Å². The van der Waals surface area contributed by atoms with E-state index in [1.165, 1.54) is 45.3 Å². The molecule has 2 aliphatic rings. The standard InChI is InChI=1S/C9H20N2.C5H12N2/c1-9(5-7-10-2)4-3-6-11-8-9;1-7-3-2-5(6)4-7/h10-11H,3-8H2,1-2H3;5H,2-4,6H2,1H3. The van der Waals surface area contributed by atoms with Crippen molar-refractivity contribution < 1.29 is 0 Å². The summed E-state index contributed by atoms with van der Waals surface area (Å²) < 4.78 is 0. The minimum atomic E-state index is 0.449. The zero-order valence-corrected chi connectivity index (χ0v) is 12.5. The Kier molecular flexibility index (Phi) is 7.15. The van der Waals surface area contributed by atoms with Crippen LogP contribution < -0.4 is 16.4 Å². The molecule has 2 atom stereocenters. The van der Waals surface area contributed by atoms with Crippen molar-refractivity contribution in [1.29, 1.82) is 0 Å². The van der Waals surface area contributed by atoms with Crippen LogP contribution in [0.5, 0.6) is 0 Å². The Bertz CT molecular complexity index is 206. The second-order valence-electron chi connectivity index (χ2n) is 6.26. The smallest absolute Gasteiger partial charge is 0.0179 e. The first-order valence-electron chi connectivity index (χ1n) is 7.35. The number of hydrogen-bond donors (Lipinski definition) is 3. The lowest BCUT2D eigenvalue weighted by atomic mass is 9.80. The van der Waals surface area contributed by atoms with Crippen LogP contribution in [0, 0.1) is 5.41 Å². The molecule has 0 aromatic rings. The molecule has 0 aliphatic carbocycles. The minimum Gasteiger partial charge on any atom is -0.326 e. The molecule has 4 heteroatoms. The average Bonchev–Trinajstić information content (AvgIpc) is 2.72. The molecule has 0 radical (unpaired) electrons. The van der Waals surface area contributed by atoms with E-state index in [2.05, 4.69) is 29.5 Å². The summed E-state index contributed by atoms with van der Waals surface area (Å²) in [6.45, 7) is 8.22. The second-order valence-corrected chi connectivity index (χ2v) is 6.26. The van der Waals surface area contributed by atoms with Crippen molar-refractivity contribution in [1.82, 2.24) is 15.5 Å². The first-order valence-corrected chi connectivity index (χ1v) is 7.35. The van der Waals surface area contributed by atoms with Crippen molar-refractivity contribution in [2.45, 2.75) is 38.6 Å². The molecule has 0 saturated carbocycles. The largest absolute Gasteiger partial charge is 0.326 e. The molecular formula is C14H32N4.